The highest BCUT2D eigenvalue weighted by molar-refractivity contribution is 5.94. The van der Waals surface area contributed by atoms with Crippen molar-refractivity contribution in [2.45, 2.75) is 39.2 Å². The number of allylic oxidation sites excluding steroid dienone is 1. The van der Waals surface area contributed by atoms with Crippen molar-refractivity contribution in [3.8, 4) is 5.75 Å². The first-order valence-corrected chi connectivity index (χ1v) is 8.16. The van der Waals surface area contributed by atoms with E-state index in [2.05, 4.69) is 17.6 Å². The molecule has 1 aromatic rings. The second-order valence-electron chi connectivity index (χ2n) is 5.69. The monoisotopic (exact) mass is 332 g/mol. The van der Waals surface area contributed by atoms with Crippen LogP contribution in [0.25, 0.3) is 0 Å². The van der Waals surface area contributed by atoms with E-state index in [-0.39, 0.29) is 6.03 Å². The number of hydrogen-bond acceptors (Lipinski definition) is 4. The first kappa shape index (κ1) is 17.8. The zero-order chi connectivity index (χ0) is 17.5. The smallest absolute Gasteiger partial charge is 0.337 e. The lowest BCUT2D eigenvalue weighted by Crippen LogP contribution is -2.45. The van der Waals surface area contributed by atoms with Gasteiger partial charge in [0, 0.05) is 5.70 Å². The summed E-state index contributed by atoms with van der Waals surface area (Å²) in [4.78, 5) is 23.8. The van der Waals surface area contributed by atoms with Crippen LogP contribution >= 0.6 is 0 Å². The number of nitrogens with one attached hydrogen (secondary N) is 2. The third-order valence-corrected chi connectivity index (χ3v) is 3.90. The first-order chi connectivity index (χ1) is 11.6. The number of carbonyl (C=O) groups is 2. The normalized spacial score (nSPS) is 17.1. The van der Waals surface area contributed by atoms with E-state index < -0.39 is 12.0 Å². The largest absolute Gasteiger partial charge is 0.494 e. The Bertz CT molecular complexity index is 622. The Labute approximate surface area is 142 Å². The quantitative estimate of drug-likeness (QED) is 0.594. The van der Waals surface area contributed by atoms with E-state index in [0.717, 1.165) is 30.6 Å². The lowest BCUT2D eigenvalue weighted by molar-refractivity contribution is -0.136. The maximum atomic E-state index is 12.0. The molecule has 2 N–H and O–H groups in total. The Morgan fingerprint density at radius 3 is 2.54 bits per heavy atom. The van der Waals surface area contributed by atoms with Crippen LogP contribution < -0.4 is 15.4 Å². The number of benzene rings is 1. The van der Waals surface area contributed by atoms with Gasteiger partial charge in [-0.1, -0.05) is 31.9 Å². The summed E-state index contributed by atoms with van der Waals surface area (Å²) >= 11 is 0. The fraction of sp³-hybridized carbons (Fsp3) is 0.444. The van der Waals surface area contributed by atoms with Gasteiger partial charge in [-0.3, -0.25) is 0 Å². The molecule has 0 spiro atoms. The van der Waals surface area contributed by atoms with Gasteiger partial charge in [0.1, 0.15) is 5.75 Å². The van der Waals surface area contributed by atoms with Crippen LogP contribution in [-0.4, -0.2) is 25.7 Å². The van der Waals surface area contributed by atoms with E-state index >= 15 is 0 Å². The summed E-state index contributed by atoms with van der Waals surface area (Å²) in [6, 6.07) is 6.51. The van der Waals surface area contributed by atoms with Gasteiger partial charge in [0.05, 0.1) is 25.3 Å². The van der Waals surface area contributed by atoms with Crippen molar-refractivity contribution in [1.82, 2.24) is 10.6 Å². The third kappa shape index (κ3) is 4.28. The molecule has 1 heterocycles. The predicted molar refractivity (Wildman–Crippen MR) is 90.6 cm³/mol. The maximum absolute atomic E-state index is 12.0. The second-order valence-corrected chi connectivity index (χ2v) is 5.69. The molecule has 0 aliphatic carbocycles. The maximum Gasteiger partial charge on any atom is 0.337 e. The summed E-state index contributed by atoms with van der Waals surface area (Å²) in [5.74, 6) is 0.306. The minimum atomic E-state index is -0.541. The van der Waals surface area contributed by atoms with Crippen molar-refractivity contribution >= 4 is 12.0 Å². The minimum Gasteiger partial charge on any atom is -0.494 e. The fourth-order valence-electron chi connectivity index (χ4n) is 2.62. The molecule has 1 aromatic carbocycles. The molecule has 130 valence electrons. The van der Waals surface area contributed by atoms with Crippen LogP contribution in [0.1, 0.15) is 44.7 Å². The Morgan fingerprint density at radius 1 is 1.21 bits per heavy atom. The molecule has 2 rings (SSSR count). The summed E-state index contributed by atoms with van der Waals surface area (Å²) in [7, 11) is 1.32. The SMILES string of the molecule is CCCCCOc1ccc([C@H]2NC(=O)NC(C)=C2C(=O)OC)cc1. The summed E-state index contributed by atoms with van der Waals surface area (Å²) in [5.41, 5.74) is 1.69. The number of carbonyl (C=O) groups excluding carboxylic acids is 2. The number of esters is 1. The van der Waals surface area contributed by atoms with Crippen LogP contribution in [-0.2, 0) is 9.53 Å². The topological polar surface area (TPSA) is 76.7 Å². The van der Waals surface area contributed by atoms with Crippen LogP contribution in [0, 0.1) is 0 Å². The second kappa shape index (κ2) is 8.38. The van der Waals surface area contributed by atoms with Crippen molar-refractivity contribution in [3.05, 3.63) is 41.1 Å². The molecule has 0 fully saturated rings. The van der Waals surface area contributed by atoms with Gasteiger partial charge in [0.2, 0.25) is 0 Å². The average Bonchev–Trinajstić information content (AvgIpc) is 2.58. The molecule has 0 saturated heterocycles. The number of methoxy groups -OCH3 is 1. The van der Waals surface area contributed by atoms with Crippen molar-refractivity contribution in [3.63, 3.8) is 0 Å². The molecule has 0 radical (unpaired) electrons. The zero-order valence-corrected chi connectivity index (χ0v) is 14.3. The lowest BCUT2D eigenvalue weighted by Gasteiger charge is -2.27. The van der Waals surface area contributed by atoms with Crippen LogP contribution in [0.3, 0.4) is 0 Å². The number of ether oxygens (including phenoxy) is 2. The van der Waals surface area contributed by atoms with Crippen LogP contribution in [0.15, 0.2) is 35.5 Å². The molecule has 0 bridgehead atoms. The van der Waals surface area contributed by atoms with Gasteiger partial charge in [0.25, 0.3) is 0 Å². The molecule has 0 unspecified atom stereocenters. The first-order valence-electron chi connectivity index (χ1n) is 8.16. The van der Waals surface area contributed by atoms with E-state index in [1.165, 1.54) is 7.11 Å². The summed E-state index contributed by atoms with van der Waals surface area (Å²) < 4.78 is 10.5. The van der Waals surface area contributed by atoms with E-state index in [1.54, 1.807) is 6.92 Å². The van der Waals surface area contributed by atoms with Crippen LogP contribution in [0.4, 0.5) is 4.79 Å². The molecule has 24 heavy (non-hydrogen) atoms. The van der Waals surface area contributed by atoms with E-state index in [4.69, 9.17) is 9.47 Å². The van der Waals surface area contributed by atoms with Gasteiger partial charge in [-0.25, -0.2) is 9.59 Å². The molecule has 1 atom stereocenters. The molecule has 6 nitrogen and oxygen atoms in total. The Morgan fingerprint density at radius 2 is 1.92 bits per heavy atom. The van der Waals surface area contributed by atoms with Gasteiger partial charge in [-0.05, 0) is 31.0 Å². The van der Waals surface area contributed by atoms with E-state index in [0.29, 0.717) is 17.9 Å². The number of hydrogen-bond donors (Lipinski definition) is 2. The van der Waals surface area contributed by atoms with Crippen molar-refractivity contribution < 1.29 is 19.1 Å². The fourth-order valence-corrected chi connectivity index (χ4v) is 2.62. The molecule has 1 aliphatic rings. The summed E-state index contributed by atoms with van der Waals surface area (Å²) in [5, 5.41) is 5.36. The summed E-state index contributed by atoms with van der Waals surface area (Å²) in [6.45, 7) is 4.52. The molecule has 6 heteroatoms. The molecular formula is C18H24N2O4. The molecule has 2 amide bonds. The number of unbranched alkanes of at least 4 members (excludes halogenated alkanes) is 2. The summed E-state index contributed by atoms with van der Waals surface area (Å²) in [6.07, 6.45) is 3.32. The van der Waals surface area contributed by atoms with E-state index in [9.17, 15) is 9.59 Å². The van der Waals surface area contributed by atoms with Crippen molar-refractivity contribution in [1.29, 1.82) is 0 Å². The van der Waals surface area contributed by atoms with Crippen molar-refractivity contribution in [2.75, 3.05) is 13.7 Å². The van der Waals surface area contributed by atoms with Gasteiger partial charge in [-0.15, -0.1) is 0 Å². The minimum absolute atomic E-state index is 0.343. The third-order valence-electron chi connectivity index (χ3n) is 3.90. The highest BCUT2D eigenvalue weighted by Gasteiger charge is 2.31. The highest BCUT2D eigenvalue weighted by atomic mass is 16.5. The predicted octanol–water partition coefficient (Wildman–Crippen LogP) is 3.06. The molecule has 1 aliphatic heterocycles. The Kier molecular flexibility index (Phi) is 6.23. The Balaban J connectivity index is 2.15. The van der Waals surface area contributed by atoms with Gasteiger partial charge < -0.3 is 20.1 Å². The van der Waals surface area contributed by atoms with Gasteiger partial charge in [0.15, 0.2) is 0 Å². The average molecular weight is 332 g/mol. The standard InChI is InChI=1S/C18H24N2O4/c1-4-5-6-11-24-14-9-7-13(8-10-14)16-15(17(21)23-3)12(2)19-18(22)20-16/h7-10,16H,4-6,11H2,1-3H3,(H2,19,20,22)/t16-/m1/s1. The number of amides is 2. The van der Waals surface area contributed by atoms with Crippen molar-refractivity contribution in [2.24, 2.45) is 0 Å². The van der Waals surface area contributed by atoms with Crippen LogP contribution in [0.2, 0.25) is 0 Å². The number of urea groups is 1. The highest BCUT2D eigenvalue weighted by Crippen LogP contribution is 2.28. The molecular weight excluding hydrogens is 308 g/mol. The van der Waals surface area contributed by atoms with Gasteiger partial charge >= 0.3 is 12.0 Å². The van der Waals surface area contributed by atoms with E-state index in [1.807, 2.05) is 24.3 Å². The lowest BCUT2D eigenvalue weighted by atomic mass is 9.95. The van der Waals surface area contributed by atoms with Crippen LogP contribution in [0.5, 0.6) is 5.75 Å². The van der Waals surface area contributed by atoms with Gasteiger partial charge in [-0.2, -0.15) is 0 Å². The number of rotatable bonds is 7. The molecule has 0 aromatic heterocycles. The molecule has 0 saturated carbocycles. The zero-order valence-electron chi connectivity index (χ0n) is 14.3. The Hall–Kier alpha value is -2.50.